The number of amides is 1. The largest absolute Gasteiger partial charge is 0.478 e. The molecule has 1 atom stereocenters. The second-order valence-electron chi connectivity index (χ2n) is 10.0. The number of aromatic carboxylic acids is 1. The Morgan fingerprint density at radius 3 is 2.29 bits per heavy atom. The number of hydrogen-bond acceptors (Lipinski definition) is 2. The minimum Gasteiger partial charge on any atom is -0.478 e. The lowest BCUT2D eigenvalue weighted by Crippen LogP contribution is -2.28. The summed E-state index contributed by atoms with van der Waals surface area (Å²) in [5.74, 6) is -4.96. The minimum absolute atomic E-state index is 0.239. The third kappa shape index (κ3) is 5.20. The monoisotopic (exact) mass is 556 g/mol. The highest BCUT2D eigenvalue weighted by molar-refractivity contribution is 5.99. The van der Waals surface area contributed by atoms with Crippen LogP contribution < -0.4 is 5.32 Å². The number of nitrogens with one attached hydrogen (secondary N) is 1. The highest BCUT2D eigenvalue weighted by Crippen LogP contribution is 2.29. The molecule has 5 rings (SSSR count). The molecule has 0 saturated carbocycles. The van der Waals surface area contributed by atoms with Crippen LogP contribution in [-0.2, 0) is 6.54 Å². The van der Waals surface area contributed by atoms with Crippen LogP contribution in [0.4, 0.5) is 13.2 Å². The van der Waals surface area contributed by atoms with Crippen LogP contribution in [0, 0.1) is 31.3 Å². The molecule has 0 bridgehead atoms. The van der Waals surface area contributed by atoms with E-state index in [1.807, 2.05) is 44.2 Å². The molecule has 0 aliphatic heterocycles. The van der Waals surface area contributed by atoms with Crippen molar-refractivity contribution in [3.8, 4) is 11.1 Å². The van der Waals surface area contributed by atoms with Gasteiger partial charge in [-0.25, -0.2) is 18.0 Å². The molecule has 0 saturated heterocycles. The van der Waals surface area contributed by atoms with Crippen LogP contribution in [0.15, 0.2) is 78.9 Å². The molecule has 5 nitrogen and oxygen atoms in total. The first-order chi connectivity index (χ1) is 19.6. The molecule has 1 heterocycles. The molecule has 4 aromatic carbocycles. The molecule has 1 amide bonds. The predicted octanol–water partition coefficient (Wildman–Crippen LogP) is 7.58. The van der Waals surface area contributed by atoms with Crippen LogP contribution in [0.3, 0.4) is 0 Å². The van der Waals surface area contributed by atoms with Crippen LogP contribution in [0.5, 0.6) is 0 Å². The van der Waals surface area contributed by atoms with Gasteiger partial charge in [-0.1, -0.05) is 42.5 Å². The molecule has 1 aromatic heterocycles. The van der Waals surface area contributed by atoms with Crippen molar-refractivity contribution < 1.29 is 27.9 Å². The molecule has 0 aliphatic carbocycles. The van der Waals surface area contributed by atoms with Gasteiger partial charge in [0, 0.05) is 34.3 Å². The molecule has 0 radical (unpaired) electrons. The molecular weight excluding hydrogens is 529 g/mol. The highest BCUT2D eigenvalue weighted by atomic mass is 19.2. The second-order valence-corrected chi connectivity index (χ2v) is 10.0. The smallest absolute Gasteiger partial charge is 0.336 e. The normalized spacial score (nSPS) is 12.0. The summed E-state index contributed by atoms with van der Waals surface area (Å²) in [6.45, 7) is 5.90. The molecule has 5 aromatic rings. The van der Waals surface area contributed by atoms with Crippen molar-refractivity contribution >= 4 is 22.8 Å². The van der Waals surface area contributed by atoms with Gasteiger partial charge in [-0.3, -0.25) is 4.79 Å². The van der Waals surface area contributed by atoms with Crippen molar-refractivity contribution in [3.05, 3.63) is 130 Å². The number of carboxylic acids is 1. The minimum atomic E-state index is -1.32. The van der Waals surface area contributed by atoms with Crippen LogP contribution in [0.1, 0.15) is 56.1 Å². The number of fused-ring (bicyclic) bond motifs is 1. The van der Waals surface area contributed by atoms with Gasteiger partial charge in [0.25, 0.3) is 5.91 Å². The van der Waals surface area contributed by atoms with E-state index in [1.54, 1.807) is 36.4 Å². The van der Waals surface area contributed by atoms with Gasteiger partial charge < -0.3 is 15.0 Å². The zero-order valence-corrected chi connectivity index (χ0v) is 22.6. The molecule has 8 heteroatoms. The Morgan fingerprint density at radius 1 is 0.902 bits per heavy atom. The highest BCUT2D eigenvalue weighted by Gasteiger charge is 2.22. The lowest BCUT2D eigenvalue weighted by Gasteiger charge is -2.16. The van der Waals surface area contributed by atoms with Crippen molar-refractivity contribution in [3.63, 3.8) is 0 Å². The van der Waals surface area contributed by atoms with Crippen LogP contribution in [0.2, 0.25) is 0 Å². The number of aryl methyl sites for hydroxylation is 1. The predicted molar refractivity (Wildman–Crippen MR) is 152 cm³/mol. The van der Waals surface area contributed by atoms with E-state index in [9.17, 15) is 27.9 Å². The number of nitrogens with zero attached hydrogens (tertiary/aromatic N) is 1. The first-order valence-electron chi connectivity index (χ1n) is 13.0. The van der Waals surface area contributed by atoms with Crippen molar-refractivity contribution in [1.29, 1.82) is 0 Å². The Bertz CT molecular complexity index is 1810. The first kappa shape index (κ1) is 27.7. The Kier molecular flexibility index (Phi) is 7.41. The zero-order valence-electron chi connectivity index (χ0n) is 22.6. The van der Waals surface area contributed by atoms with E-state index in [0.29, 0.717) is 23.7 Å². The lowest BCUT2D eigenvalue weighted by atomic mass is 9.99. The topological polar surface area (TPSA) is 71.3 Å². The number of aromatic nitrogens is 1. The van der Waals surface area contributed by atoms with E-state index >= 15 is 0 Å². The van der Waals surface area contributed by atoms with Gasteiger partial charge in [0.1, 0.15) is 5.82 Å². The summed E-state index contributed by atoms with van der Waals surface area (Å²) in [6, 6.07) is 20.3. The van der Waals surface area contributed by atoms with E-state index in [1.165, 1.54) is 6.92 Å². The average Bonchev–Trinajstić information content (AvgIpc) is 3.19. The number of carbonyl (C=O) groups is 2. The average molecular weight is 557 g/mol. The van der Waals surface area contributed by atoms with E-state index in [-0.39, 0.29) is 5.56 Å². The number of benzene rings is 4. The van der Waals surface area contributed by atoms with Crippen LogP contribution in [-0.4, -0.2) is 21.6 Å². The Hall–Kier alpha value is -4.85. The third-order valence-corrected chi connectivity index (χ3v) is 7.52. The number of halogens is 3. The standard InChI is InChI=1S/C33H27F3N2O3/c1-18-20(3)38(17-21-8-10-22(11-9-21)24-6-4-5-7-25(24)33(40)41)29-15-12-23(16-26(18)29)32(39)37-19(2)30-27(34)13-14-28(35)31(30)36/h4-16,19H,17H2,1-3H3,(H,37,39)(H,40,41)/t19-/m1/s1. The van der Waals surface area contributed by atoms with E-state index in [0.717, 1.165) is 39.4 Å². The van der Waals surface area contributed by atoms with Gasteiger partial charge in [-0.2, -0.15) is 0 Å². The van der Waals surface area contributed by atoms with Crippen LogP contribution >= 0.6 is 0 Å². The Morgan fingerprint density at radius 2 is 1.59 bits per heavy atom. The molecule has 0 spiro atoms. The molecular formula is C33H27F3N2O3. The van der Waals surface area contributed by atoms with E-state index in [4.69, 9.17) is 0 Å². The molecule has 0 fully saturated rings. The molecule has 0 aliphatic rings. The molecule has 208 valence electrons. The lowest BCUT2D eigenvalue weighted by molar-refractivity contribution is 0.0697. The summed E-state index contributed by atoms with van der Waals surface area (Å²) < 4.78 is 44.2. The van der Waals surface area contributed by atoms with Crippen LogP contribution in [0.25, 0.3) is 22.0 Å². The first-order valence-corrected chi connectivity index (χ1v) is 13.0. The van der Waals surface area contributed by atoms with Crippen molar-refractivity contribution in [2.45, 2.75) is 33.4 Å². The van der Waals surface area contributed by atoms with Gasteiger partial charge in [-0.05, 0) is 79.4 Å². The molecule has 2 N–H and O–H groups in total. The van der Waals surface area contributed by atoms with Crippen molar-refractivity contribution in [1.82, 2.24) is 9.88 Å². The second kappa shape index (κ2) is 11.0. The number of hydrogen-bond donors (Lipinski definition) is 2. The van der Waals surface area contributed by atoms with Gasteiger partial charge in [0.2, 0.25) is 0 Å². The third-order valence-electron chi connectivity index (χ3n) is 7.52. The summed E-state index contributed by atoms with van der Waals surface area (Å²) in [6.07, 6.45) is 0. The quantitative estimate of drug-likeness (QED) is 0.203. The maximum absolute atomic E-state index is 14.2. The summed E-state index contributed by atoms with van der Waals surface area (Å²) in [5, 5.41) is 12.9. The van der Waals surface area contributed by atoms with Crippen molar-refractivity contribution in [2.75, 3.05) is 0 Å². The SMILES string of the molecule is Cc1c(C)n(Cc2ccc(-c3ccccc3C(=O)O)cc2)c2ccc(C(=O)N[C@H](C)c3c(F)ccc(F)c3F)cc12. The maximum atomic E-state index is 14.2. The number of carbonyl (C=O) groups excluding carboxylic acids is 1. The van der Waals surface area contributed by atoms with Crippen molar-refractivity contribution in [2.24, 2.45) is 0 Å². The van der Waals surface area contributed by atoms with Gasteiger partial charge in [-0.15, -0.1) is 0 Å². The molecule has 41 heavy (non-hydrogen) atoms. The van der Waals surface area contributed by atoms with E-state index in [2.05, 4.69) is 9.88 Å². The van der Waals surface area contributed by atoms with Gasteiger partial charge in [0.05, 0.1) is 11.6 Å². The maximum Gasteiger partial charge on any atom is 0.336 e. The Balaban J connectivity index is 1.40. The fourth-order valence-electron chi connectivity index (χ4n) is 5.18. The molecule has 0 unspecified atom stereocenters. The summed E-state index contributed by atoms with van der Waals surface area (Å²) in [4.78, 5) is 24.6. The Labute approximate surface area is 234 Å². The van der Waals surface area contributed by atoms with Gasteiger partial charge in [0.15, 0.2) is 11.6 Å². The summed E-state index contributed by atoms with van der Waals surface area (Å²) in [5.41, 5.74) is 5.38. The number of carboxylic acid groups (broad SMARTS) is 1. The fourth-order valence-corrected chi connectivity index (χ4v) is 5.18. The summed E-state index contributed by atoms with van der Waals surface area (Å²) >= 11 is 0. The summed E-state index contributed by atoms with van der Waals surface area (Å²) in [7, 11) is 0. The zero-order chi connectivity index (χ0) is 29.4. The number of rotatable bonds is 7. The van der Waals surface area contributed by atoms with Gasteiger partial charge >= 0.3 is 5.97 Å². The van der Waals surface area contributed by atoms with E-state index < -0.39 is 40.9 Å². The fraction of sp³-hybridized carbons (Fsp3) is 0.152.